The molecule has 2 heterocycles. The number of nitrogens with zero attached hydrogens (tertiary/aromatic N) is 2. The third-order valence-corrected chi connectivity index (χ3v) is 4.34. The Hall–Kier alpha value is -0.610. The minimum absolute atomic E-state index is 0.687. The van der Waals surface area contributed by atoms with Crippen LogP contribution < -0.4 is 5.73 Å². The van der Waals surface area contributed by atoms with Gasteiger partial charge in [-0.3, -0.25) is 4.90 Å². The Morgan fingerprint density at radius 2 is 2.19 bits per heavy atom. The summed E-state index contributed by atoms with van der Waals surface area (Å²) in [6.07, 6.45) is 4.59. The predicted molar refractivity (Wildman–Crippen MR) is 69.4 cm³/mol. The second-order valence-corrected chi connectivity index (χ2v) is 6.17. The van der Waals surface area contributed by atoms with Crippen molar-refractivity contribution in [3.8, 4) is 0 Å². The number of nitrogens with two attached hydrogens (primary N) is 1. The topological polar surface area (TPSA) is 42.2 Å². The van der Waals surface area contributed by atoms with Gasteiger partial charge in [0.2, 0.25) is 0 Å². The van der Waals surface area contributed by atoms with E-state index in [1.165, 1.54) is 30.8 Å². The molecule has 16 heavy (non-hydrogen) atoms. The molecule has 90 valence electrons. The minimum Gasteiger partial charge on any atom is -0.375 e. The molecule has 0 unspecified atom stereocenters. The van der Waals surface area contributed by atoms with Crippen molar-refractivity contribution in [3.63, 3.8) is 0 Å². The fourth-order valence-electron chi connectivity index (χ4n) is 2.39. The van der Waals surface area contributed by atoms with E-state index >= 15 is 0 Å². The number of anilines is 1. The Morgan fingerprint density at radius 1 is 1.50 bits per heavy atom. The quantitative estimate of drug-likeness (QED) is 0.881. The van der Waals surface area contributed by atoms with Crippen LogP contribution >= 0.6 is 11.3 Å². The molecule has 1 aliphatic heterocycles. The van der Waals surface area contributed by atoms with Crippen LogP contribution in [0, 0.1) is 11.8 Å². The average molecular weight is 239 g/mol. The van der Waals surface area contributed by atoms with Gasteiger partial charge in [0.05, 0.1) is 0 Å². The van der Waals surface area contributed by atoms with E-state index in [1.807, 2.05) is 6.20 Å². The molecule has 4 heteroatoms. The third kappa shape index (κ3) is 2.95. The average Bonchev–Trinajstić information content (AvgIpc) is 2.65. The van der Waals surface area contributed by atoms with Crippen molar-refractivity contribution in [3.05, 3.63) is 11.1 Å². The first-order valence-electron chi connectivity index (χ1n) is 6.07. The Bertz CT molecular complexity index is 327. The number of hydrogen-bond acceptors (Lipinski definition) is 4. The van der Waals surface area contributed by atoms with Crippen LogP contribution in [0.3, 0.4) is 0 Å². The first-order chi connectivity index (χ1) is 7.65. The zero-order valence-corrected chi connectivity index (χ0v) is 11.0. The molecule has 1 aliphatic rings. The number of thiazole rings is 1. The number of hydrogen-bond donors (Lipinski definition) is 1. The van der Waals surface area contributed by atoms with Crippen LogP contribution in [0.2, 0.25) is 0 Å². The van der Waals surface area contributed by atoms with Crippen LogP contribution in [-0.2, 0) is 6.54 Å². The van der Waals surface area contributed by atoms with E-state index in [2.05, 4.69) is 23.7 Å². The number of likely N-dealkylation sites (tertiary alicyclic amines) is 1. The maximum Gasteiger partial charge on any atom is 0.180 e. The molecule has 0 amide bonds. The van der Waals surface area contributed by atoms with Gasteiger partial charge in [0.25, 0.3) is 0 Å². The van der Waals surface area contributed by atoms with Crippen molar-refractivity contribution >= 4 is 16.5 Å². The van der Waals surface area contributed by atoms with Crippen molar-refractivity contribution < 1.29 is 0 Å². The lowest BCUT2D eigenvalue weighted by atomic mass is 9.87. The summed E-state index contributed by atoms with van der Waals surface area (Å²) in [5, 5.41) is 0.687. The molecule has 0 aliphatic carbocycles. The van der Waals surface area contributed by atoms with Crippen LogP contribution in [0.5, 0.6) is 0 Å². The molecule has 0 spiro atoms. The third-order valence-electron chi connectivity index (χ3n) is 3.53. The second-order valence-electron chi connectivity index (χ2n) is 5.02. The molecule has 3 nitrogen and oxygen atoms in total. The molecule has 2 N–H and O–H groups in total. The summed E-state index contributed by atoms with van der Waals surface area (Å²) < 4.78 is 0. The monoisotopic (exact) mass is 239 g/mol. The minimum atomic E-state index is 0.687. The molecular formula is C12H21N3S. The standard InChI is InChI=1S/C12H21N3S/c1-9(2)10-3-5-15(6-4-10)8-11-7-14-12(13)16-11/h7,9-10H,3-6,8H2,1-2H3,(H2,13,14). The van der Waals surface area contributed by atoms with Gasteiger partial charge in [-0.05, 0) is 37.8 Å². The Balaban J connectivity index is 1.81. The maximum atomic E-state index is 5.63. The van der Waals surface area contributed by atoms with E-state index in [9.17, 15) is 0 Å². The van der Waals surface area contributed by atoms with Gasteiger partial charge in [-0.25, -0.2) is 4.98 Å². The fourth-order valence-corrected chi connectivity index (χ4v) is 3.12. The highest BCUT2D eigenvalue weighted by Gasteiger charge is 2.21. The van der Waals surface area contributed by atoms with Gasteiger partial charge in [-0.1, -0.05) is 13.8 Å². The lowest BCUT2D eigenvalue weighted by molar-refractivity contribution is 0.153. The van der Waals surface area contributed by atoms with E-state index < -0.39 is 0 Å². The molecule has 0 saturated carbocycles. The van der Waals surface area contributed by atoms with Crippen molar-refractivity contribution in [2.24, 2.45) is 11.8 Å². The lowest BCUT2D eigenvalue weighted by Gasteiger charge is -2.33. The molecule has 1 saturated heterocycles. The first kappa shape index (κ1) is 11.9. The van der Waals surface area contributed by atoms with Crippen molar-refractivity contribution in [2.45, 2.75) is 33.2 Å². The Labute approximate surface area is 102 Å². The summed E-state index contributed by atoms with van der Waals surface area (Å²) in [4.78, 5) is 7.91. The second kappa shape index (κ2) is 5.15. The van der Waals surface area contributed by atoms with Gasteiger partial charge in [0, 0.05) is 17.6 Å². The van der Waals surface area contributed by atoms with Crippen LogP contribution in [0.15, 0.2) is 6.20 Å². The summed E-state index contributed by atoms with van der Waals surface area (Å²) in [7, 11) is 0. The Kier molecular flexibility index (Phi) is 3.82. The molecule has 0 aromatic carbocycles. The zero-order valence-electron chi connectivity index (χ0n) is 10.1. The van der Waals surface area contributed by atoms with E-state index in [1.54, 1.807) is 11.3 Å². The molecule has 1 fully saturated rings. The van der Waals surface area contributed by atoms with Crippen LogP contribution in [0.25, 0.3) is 0 Å². The van der Waals surface area contributed by atoms with E-state index in [-0.39, 0.29) is 0 Å². The summed E-state index contributed by atoms with van der Waals surface area (Å²) in [5.74, 6) is 1.75. The van der Waals surface area contributed by atoms with Crippen LogP contribution in [0.1, 0.15) is 31.6 Å². The maximum absolute atomic E-state index is 5.63. The fraction of sp³-hybridized carbons (Fsp3) is 0.750. The highest BCUT2D eigenvalue weighted by Crippen LogP contribution is 2.26. The molecule has 2 rings (SSSR count). The van der Waals surface area contributed by atoms with E-state index in [0.29, 0.717) is 5.13 Å². The Morgan fingerprint density at radius 3 is 2.69 bits per heavy atom. The number of nitrogen functional groups attached to an aromatic ring is 1. The van der Waals surface area contributed by atoms with Gasteiger partial charge >= 0.3 is 0 Å². The molecule has 0 radical (unpaired) electrons. The van der Waals surface area contributed by atoms with Crippen molar-refractivity contribution in [1.29, 1.82) is 0 Å². The highest BCUT2D eigenvalue weighted by molar-refractivity contribution is 7.15. The van der Waals surface area contributed by atoms with E-state index in [4.69, 9.17) is 5.73 Å². The number of aromatic nitrogens is 1. The molecule has 0 atom stereocenters. The van der Waals surface area contributed by atoms with Gasteiger partial charge in [0.1, 0.15) is 0 Å². The summed E-state index contributed by atoms with van der Waals surface area (Å²) in [6.45, 7) is 8.15. The van der Waals surface area contributed by atoms with Gasteiger partial charge in [-0.15, -0.1) is 11.3 Å². The SMILES string of the molecule is CC(C)C1CCN(Cc2cnc(N)s2)CC1. The summed E-state index contributed by atoms with van der Waals surface area (Å²) in [5.41, 5.74) is 5.63. The summed E-state index contributed by atoms with van der Waals surface area (Å²) in [6, 6.07) is 0. The predicted octanol–water partition coefficient (Wildman–Crippen LogP) is 2.59. The van der Waals surface area contributed by atoms with Gasteiger partial charge in [-0.2, -0.15) is 0 Å². The highest BCUT2D eigenvalue weighted by atomic mass is 32.1. The first-order valence-corrected chi connectivity index (χ1v) is 6.89. The van der Waals surface area contributed by atoms with Crippen LogP contribution in [-0.4, -0.2) is 23.0 Å². The molecular weight excluding hydrogens is 218 g/mol. The zero-order chi connectivity index (χ0) is 11.5. The molecule has 1 aromatic heterocycles. The van der Waals surface area contributed by atoms with E-state index in [0.717, 1.165) is 18.4 Å². The van der Waals surface area contributed by atoms with Gasteiger partial charge in [0.15, 0.2) is 5.13 Å². The molecule has 1 aromatic rings. The summed E-state index contributed by atoms with van der Waals surface area (Å²) >= 11 is 1.61. The van der Waals surface area contributed by atoms with Gasteiger partial charge < -0.3 is 5.73 Å². The lowest BCUT2D eigenvalue weighted by Crippen LogP contribution is -2.34. The van der Waals surface area contributed by atoms with Crippen molar-refractivity contribution in [2.75, 3.05) is 18.8 Å². The number of rotatable bonds is 3. The largest absolute Gasteiger partial charge is 0.375 e. The number of piperidine rings is 1. The van der Waals surface area contributed by atoms with Crippen LogP contribution in [0.4, 0.5) is 5.13 Å². The molecule has 0 bridgehead atoms. The normalized spacial score (nSPS) is 19.4. The van der Waals surface area contributed by atoms with Crippen molar-refractivity contribution in [1.82, 2.24) is 9.88 Å². The smallest absolute Gasteiger partial charge is 0.180 e.